The Hall–Kier alpha value is -2.71. The number of halogens is 3. The van der Waals surface area contributed by atoms with E-state index in [1.807, 2.05) is 27.7 Å². The zero-order valence-electron chi connectivity index (χ0n) is 21.0. The van der Waals surface area contributed by atoms with Crippen molar-refractivity contribution in [3.05, 3.63) is 39.8 Å². The second-order valence-corrected chi connectivity index (χ2v) is 10.7. The minimum absolute atomic E-state index is 0.105. The SMILES string of the molecule is CCCCOc1c(CN(C(=O)O)C(C)(C)C)n(CC(C)(C)C)c(=O)c2cc(C(F)(F)F)ccc12. The van der Waals surface area contributed by atoms with Crippen LogP contribution in [-0.4, -0.2) is 32.8 Å². The average molecular weight is 485 g/mol. The van der Waals surface area contributed by atoms with Crippen molar-refractivity contribution in [3.63, 3.8) is 0 Å². The standard InChI is InChI=1S/C25H35F3N2O4/c1-8-9-12-34-20-17-11-10-16(25(26,27)28)13-18(17)21(31)29(15-23(2,3)4)19(20)14-30(22(32)33)24(5,6)7/h10-11,13H,8-9,12,14-15H2,1-7H3,(H,32,33). The van der Waals surface area contributed by atoms with Crippen molar-refractivity contribution in [2.75, 3.05) is 6.61 Å². The highest BCUT2D eigenvalue weighted by atomic mass is 19.4. The highest BCUT2D eigenvalue weighted by Crippen LogP contribution is 2.36. The number of pyridine rings is 1. The summed E-state index contributed by atoms with van der Waals surface area (Å²) in [6, 6.07) is 3.02. The molecule has 0 atom stereocenters. The third kappa shape index (κ3) is 6.45. The van der Waals surface area contributed by atoms with Gasteiger partial charge in [-0.1, -0.05) is 34.1 Å². The van der Waals surface area contributed by atoms with E-state index in [0.717, 1.165) is 18.6 Å². The van der Waals surface area contributed by atoms with E-state index in [4.69, 9.17) is 4.74 Å². The first kappa shape index (κ1) is 27.5. The van der Waals surface area contributed by atoms with E-state index in [1.165, 1.54) is 15.5 Å². The summed E-state index contributed by atoms with van der Waals surface area (Å²) in [7, 11) is 0. The molecule has 0 bridgehead atoms. The molecular weight excluding hydrogens is 449 g/mol. The number of fused-ring (bicyclic) bond motifs is 1. The maximum absolute atomic E-state index is 13.6. The highest BCUT2D eigenvalue weighted by molar-refractivity contribution is 5.89. The Balaban J connectivity index is 2.95. The number of unbranched alkanes of at least 4 members (excludes halogenated alkanes) is 1. The molecule has 6 nitrogen and oxygen atoms in total. The van der Waals surface area contributed by atoms with Gasteiger partial charge in [0.2, 0.25) is 0 Å². The van der Waals surface area contributed by atoms with Crippen LogP contribution in [0, 0.1) is 5.41 Å². The second kappa shape index (κ2) is 9.88. The number of rotatable bonds is 7. The Morgan fingerprint density at radius 3 is 2.18 bits per heavy atom. The Morgan fingerprint density at radius 2 is 1.71 bits per heavy atom. The van der Waals surface area contributed by atoms with Crippen LogP contribution < -0.4 is 10.3 Å². The summed E-state index contributed by atoms with van der Waals surface area (Å²) >= 11 is 0. The molecule has 0 aliphatic carbocycles. The monoisotopic (exact) mass is 484 g/mol. The number of carbonyl (C=O) groups is 1. The zero-order chi connectivity index (χ0) is 26.1. The number of hydrogen-bond acceptors (Lipinski definition) is 3. The average Bonchev–Trinajstić information content (AvgIpc) is 2.67. The van der Waals surface area contributed by atoms with Crippen LogP contribution in [0.2, 0.25) is 0 Å². The lowest BCUT2D eigenvalue weighted by molar-refractivity contribution is -0.137. The fourth-order valence-corrected chi connectivity index (χ4v) is 3.66. The number of nitrogens with zero attached hydrogens (tertiary/aromatic N) is 2. The van der Waals surface area contributed by atoms with Crippen LogP contribution in [0.25, 0.3) is 10.8 Å². The third-order valence-electron chi connectivity index (χ3n) is 5.38. The number of benzene rings is 1. The fourth-order valence-electron chi connectivity index (χ4n) is 3.66. The maximum Gasteiger partial charge on any atom is 0.416 e. The van der Waals surface area contributed by atoms with E-state index in [9.17, 15) is 27.9 Å². The number of ether oxygens (including phenoxy) is 1. The molecule has 0 aliphatic heterocycles. The van der Waals surface area contributed by atoms with Crippen LogP contribution >= 0.6 is 0 Å². The van der Waals surface area contributed by atoms with Crippen molar-refractivity contribution >= 4 is 16.9 Å². The molecule has 0 unspecified atom stereocenters. The fraction of sp³-hybridized carbons (Fsp3) is 0.600. The second-order valence-electron chi connectivity index (χ2n) is 10.7. The van der Waals surface area contributed by atoms with Gasteiger partial charge in [0, 0.05) is 17.5 Å². The normalized spacial score (nSPS) is 12.8. The molecule has 0 spiro atoms. The molecule has 2 rings (SSSR count). The Labute approximate surface area is 198 Å². The molecule has 34 heavy (non-hydrogen) atoms. The van der Waals surface area contributed by atoms with Crippen molar-refractivity contribution in [1.82, 2.24) is 9.47 Å². The van der Waals surface area contributed by atoms with Gasteiger partial charge in [0.1, 0.15) is 5.75 Å². The molecule has 0 fully saturated rings. The molecule has 1 heterocycles. The molecule has 0 saturated heterocycles. The van der Waals surface area contributed by atoms with Crippen LogP contribution in [0.1, 0.15) is 72.6 Å². The first-order valence-electron chi connectivity index (χ1n) is 11.4. The number of aromatic nitrogens is 1. The summed E-state index contributed by atoms with van der Waals surface area (Å²) in [5.74, 6) is 0.247. The molecule has 0 radical (unpaired) electrons. The summed E-state index contributed by atoms with van der Waals surface area (Å²) in [5, 5.41) is 10.0. The van der Waals surface area contributed by atoms with Crippen LogP contribution in [0.4, 0.5) is 18.0 Å². The Bertz CT molecular complexity index is 1090. The van der Waals surface area contributed by atoms with Crippen molar-refractivity contribution < 1.29 is 27.8 Å². The molecular formula is C25H35F3N2O4. The molecule has 1 aromatic heterocycles. The van der Waals surface area contributed by atoms with E-state index < -0.39 is 34.3 Å². The van der Waals surface area contributed by atoms with Crippen molar-refractivity contribution in [2.45, 2.75) is 86.1 Å². The minimum Gasteiger partial charge on any atom is -0.491 e. The van der Waals surface area contributed by atoms with Gasteiger partial charge in [0.25, 0.3) is 5.56 Å². The maximum atomic E-state index is 13.6. The summed E-state index contributed by atoms with van der Waals surface area (Å²) in [6.45, 7) is 13.2. The van der Waals surface area contributed by atoms with Crippen molar-refractivity contribution in [2.24, 2.45) is 5.41 Å². The number of amides is 1. The van der Waals surface area contributed by atoms with Crippen molar-refractivity contribution in [3.8, 4) is 5.75 Å². The molecule has 190 valence electrons. The Morgan fingerprint density at radius 1 is 1.09 bits per heavy atom. The van der Waals surface area contributed by atoms with E-state index >= 15 is 0 Å². The molecule has 9 heteroatoms. The van der Waals surface area contributed by atoms with Gasteiger partial charge in [-0.25, -0.2) is 4.79 Å². The summed E-state index contributed by atoms with van der Waals surface area (Å²) in [6.07, 6.45) is -4.25. The number of alkyl halides is 3. The number of carboxylic acid groups (broad SMARTS) is 1. The summed E-state index contributed by atoms with van der Waals surface area (Å²) < 4.78 is 47.7. The van der Waals surface area contributed by atoms with Crippen molar-refractivity contribution in [1.29, 1.82) is 0 Å². The van der Waals surface area contributed by atoms with Gasteiger partial charge in [-0.05, 0) is 50.8 Å². The zero-order valence-corrected chi connectivity index (χ0v) is 21.0. The molecule has 1 aromatic carbocycles. The van der Waals surface area contributed by atoms with Gasteiger partial charge >= 0.3 is 12.3 Å². The van der Waals surface area contributed by atoms with Crippen LogP contribution in [0.5, 0.6) is 5.75 Å². The predicted molar refractivity (Wildman–Crippen MR) is 126 cm³/mol. The number of hydrogen-bond donors (Lipinski definition) is 1. The summed E-state index contributed by atoms with van der Waals surface area (Å²) in [5.41, 5.74) is -2.39. The van der Waals surface area contributed by atoms with E-state index in [2.05, 4.69) is 0 Å². The van der Waals surface area contributed by atoms with E-state index in [0.29, 0.717) is 12.1 Å². The highest BCUT2D eigenvalue weighted by Gasteiger charge is 2.33. The minimum atomic E-state index is -4.61. The van der Waals surface area contributed by atoms with Crippen LogP contribution in [-0.2, 0) is 19.3 Å². The predicted octanol–water partition coefficient (Wildman–Crippen LogP) is 6.52. The largest absolute Gasteiger partial charge is 0.491 e. The molecule has 1 N–H and O–H groups in total. The smallest absolute Gasteiger partial charge is 0.416 e. The molecule has 0 saturated carbocycles. The summed E-state index contributed by atoms with van der Waals surface area (Å²) in [4.78, 5) is 26.9. The van der Waals surface area contributed by atoms with Crippen LogP contribution in [0.3, 0.4) is 0 Å². The van der Waals surface area contributed by atoms with Gasteiger partial charge < -0.3 is 14.4 Å². The van der Waals surface area contributed by atoms with Gasteiger partial charge in [-0.3, -0.25) is 9.69 Å². The van der Waals surface area contributed by atoms with E-state index in [-0.39, 0.29) is 36.2 Å². The quantitative estimate of drug-likeness (QED) is 0.454. The first-order valence-corrected chi connectivity index (χ1v) is 11.4. The third-order valence-corrected chi connectivity index (χ3v) is 5.38. The lowest BCUT2D eigenvalue weighted by atomic mass is 9.95. The molecule has 1 amide bonds. The van der Waals surface area contributed by atoms with Crippen LogP contribution in [0.15, 0.2) is 23.0 Å². The van der Waals surface area contributed by atoms with Gasteiger partial charge in [-0.15, -0.1) is 0 Å². The topological polar surface area (TPSA) is 71.8 Å². The molecule has 0 aliphatic rings. The van der Waals surface area contributed by atoms with Gasteiger partial charge in [-0.2, -0.15) is 13.2 Å². The lowest BCUT2D eigenvalue weighted by Crippen LogP contribution is -2.45. The van der Waals surface area contributed by atoms with E-state index in [1.54, 1.807) is 20.8 Å². The Kier molecular flexibility index (Phi) is 8.00. The lowest BCUT2D eigenvalue weighted by Gasteiger charge is -2.35. The molecule has 2 aromatic rings. The van der Waals surface area contributed by atoms with Gasteiger partial charge in [0.05, 0.1) is 29.8 Å². The first-order chi connectivity index (χ1) is 15.5. The van der Waals surface area contributed by atoms with Gasteiger partial charge in [0.15, 0.2) is 0 Å².